The lowest BCUT2D eigenvalue weighted by atomic mass is 10.0. The number of carboxylic acids is 1. The second-order valence-corrected chi connectivity index (χ2v) is 5.43. The van der Waals surface area contributed by atoms with Gasteiger partial charge in [0.25, 0.3) is 0 Å². The fourth-order valence-corrected chi connectivity index (χ4v) is 2.45. The molecule has 0 aliphatic rings. The minimum Gasteiger partial charge on any atom is -0.507 e. The topological polar surface area (TPSA) is 99.8 Å². The average Bonchev–Trinajstić information content (AvgIpc) is 3.14. The number of hydrogen-bond acceptors (Lipinski definition) is 4. The van der Waals surface area contributed by atoms with Crippen molar-refractivity contribution in [2.75, 3.05) is 5.32 Å². The molecule has 0 unspecified atom stereocenters. The van der Waals surface area contributed by atoms with Gasteiger partial charge in [0, 0.05) is 23.4 Å². The molecule has 0 aliphatic heterocycles. The Morgan fingerprint density at radius 1 is 1.00 bits per heavy atom. The van der Waals surface area contributed by atoms with Crippen LogP contribution in [0.25, 0.3) is 5.57 Å². The highest BCUT2D eigenvalue weighted by molar-refractivity contribution is 6.06. The van der Waals surface area contributed by atoms with Gasteiger partial charge in [-0.15, -0.1) is 0 Å². The Balaban J connectivity index is 1.88. The molecule has 1 amide bonds. The Labute approximate surface area is 149 Å². The molecule has 130 valence electrons. The standard InChI is InChI=1S/C20H15NO5/c22-17-11-14(8-9-15(17)20(24)25)21-19(23)12-16(18-7-4-10-26-18)13-5-2-1-3-6-13/h1-12,22H,(H,21,23)(H,24,25). The van der Waals surface area contributed by atoms with Crippen LogP contribution in [0.2, 0.25) is 0 Å². The van der Waals surface area contributed by atoms with Crippen LogP contribution in [-0.4, -0.2) is 22.1 Å². The molecule has 26 heavy (non-hydrogen) atoms. The molecule has 0 spiro atoms. The first kappa shape index (κ1) is 17.0. The van der Waals surface area contributed by atoms with Crippen molar-refractivity contribution in [3.05, 3.63) is 89.9 Å². The van der Waals surface area contributed by atoms with Gasteiger partial charge in [-0.25, -0.2) is 4.79 Å². The molecule has 0 bridgehead atoms. The summed E-state index contributed by atoms with van der Waals surface area (Å²) < 4.78 is 5.41. The predicted octanol–water partition coefficient (Wildman–Crippen LogP) is 3.75. The van der Waals surface area contributed by atoms with E-state index in [1.54, 1.807) is 12.1 Å². The van der Waals surface area contributed by atoms with Gasteiger partial charge in [-0.05, 0) is 29.8 Å². The van der Waals surface area contributed by atoms with Crippen molar-refractivity contribution in [3.63, 3.8) is 0 Å². The monoisotopic (exact) mass is 349 g/mol. The molecule has 2 aromatic carbocycles. The number of aromatic carboxylic acids is 1. The summed E-state index contributed by atoms with van der Waals surface area (Å²) in [7, 11) is 0. The molecular formula is C20H15NO5. The van der Waals surface area contributed by atoms with Gasteiger partial charge in [0.2, 0.25) is 5.91 Å². The number of amides is 1. The third kappa shape index (κ3) is 3.81. The molecule has 0 aliphatic carbocycles. The molecule has 3 rings (SSSR count). The van der Waals surface area contributed by atoms with Crippen LogP contribution in [0.15, 0.2) is 77.4 Å². The number of carbonyl (C=O) groups is 2. The predicted molar refractivity (Wildman–Crippen MR) is 95.9 cm³/mol. The van der Waals surface area contributed by atoms with Gasteiger partial charge in [0.15, 0.2) is 0 Å². The van der Waals surface area contributed by atoms with E-state index in [-0.39, 0.29) is 11.3 Å². The van der Waals surface area contributed by atoms with E-state index < -0.39 is 17.6 Å². The van der Waals surface area contributed by atoms with E-state index in [0.29, 0.717) is 11.3 Å². The van der Waals surface area contributed by atoms with Gasteiger partial charge in [0.1, 0.15) is 17.1 Å². The highest BCUT2D eigenvalue weighted by Crippen LogP contribution is 2.25. The quantitative estimate of drug-likeness (QED) is 0.609. The summed E-state index contributed by atoms with van der Waals surface area (Å²) in [4.78, 5) is 23.3. The number of carboxylic acid groups (broad SMARTS) is 1. The summed E-state index contributed by atoms with van der Waals surface area (Å²) in [5.41, 5.74) is 1.45. The van der Waals surface area contributed by atoms with Crippen molar-refractivity contribution >= 4 is 23.1 Å². The summed E-state index contributed by atoms with van der Waals surface area (Å²) in [6, 6.07) is 16.6. The smallest absolute Gasteiger partial charge is 0.339 e. The van der Waals surface area contributed by atoms with Crippen molar-refractivity contribution in [2.24, 2.45) is 0 Å². The maximum Gasteiger partial charge on any atom is 0.339 e. The zero-order valence-corrected chi connectivity index (χ0v) is 13.5. The molecule has 0 atom stereocenters. The summed E-state index contributed by atoms with van der Waals surface area (Å²) in [6.45, 7) is 0. The maximum absolute atomic E-state index is 12.4. The highest BCUT2D eigenvalue weighted by Gasteiger charge is 2.13. The van der Waals surface area contributed by atoms with Crippen LogP contribution in [0.4, 0.5) is 5.69 Å². The maximum atomic E-state index is 12.4. The number of carbonyl (C=O) groups excluding carboxylic acids is 1. The first-order chi connectivity index (χ1) is 12.5. The first-order valence-corrected chi connectivity index (χ1v) is 7.73. The molecule has 0 fully saturated rings. The van der Waals surface area contributed by atoms with Crippen LogP contribution in [0, 0.1) is 0 Å². The van der Waals surface area contributed by atoms with Crippen LogP contribution in [0.3, 0.4) is 0 Å². The summed E-state index contributed by atoms with van der Waals surface area (Å²) in [6.07, 6.45) is 2.91. The number of rotatable bonds is 5. The molecular weight excluding hydrogens is 334 g/mol. The number of phenols is 1. The van der Waals surface area contributed by atoms with E-state index in [1.165, 1.54) is 30.5 Å². The Morgan fingerprint density at radius 3 is 2.38 bits per heavy atom. The third-order valence-corrected chi connectivity index (χ3v) is 3.64. The summed E-state index contributed by atoms with van der Waals surface area (Å²) in [5.74, 6) is -1.57. The van der Waals surface area contributed by atoms with Crippen molar-refractivity contribution in [1.29, 1.82) is 0 Å². The zero-order valence-electron chi connectivity index (χ0n) is 13.5. The Morgan fingerprint density at radius 2 is 1.77 bits per heavy atom. The SMILES string of the molecule is O=C(C=C(c1ccccc1)c1ccco1)Nc1ccc(C(=O)O)c(O)c1. The molecule has 6 heteroatoms. The molecule has 0 radical (unpaired) electrons. The third-order valence-electron chi connectivity index (χ3n) is 3.64. The molecule has 1 aromatic heterocycles. The summed E-state index contributed by atoms with van der Waals surface area (Å²) >= 11 is 0. The lowest BCUT2D eigenvalue weighted by Crippen LogP contribution is -2.09. The van der Waals surface area contributed by atoms with Crippen LogP contribution >= 0.6 is 0 Å². The fraction of sp³-hybridized carbons (Fsp3) is 0. The Kier molecular flexibility index (Phi) is 4.85. The number of anilines is 1. The number of furan rings is 1. The second-order valence-electron chi connectivity index (χ2n) is 5.43. The molecule has 6 nitrogen and oxygen atoms in total. The number of nitrogens with one attached hydrogen (secondary N) is 1. The second kappa shape index (κ2) is 7.40. The van der Waals surface area contributed by atoms with Gasteiger partial charge in [-0.3, -0.25) is 4.79 Å². The van der Waals surface area contributed by atoms with Gasteiger partial charge in [-0.2, -0.15) is 0 Å². The van der Waals surface area contributed by atoms with E-state index in [4.69, 9.17) is 9.52 Å². The summed E-state index contributed by atoms with van der Waals surface area (Å²) in [5, 5.41) is 21.2. The molecule has 0 saturated carbocycles. The lowest BCUT2D eigenvalue weighted by molar-refractivity contribution is -0.111. The Bertz CT molecular complexity index is 959. The molecule has 3 aromatic rings. The molecule has 1 heterocycles. The van der Waals surface area contributed by atoms with E-state index in [2.05, 4.69) is 5.32 Å². The van der Waals surface area contributed by atoms with E-state index in [1.807, 2.05) is 30.3 Å². The number of aromatic hydroxyl groups is 1. The Hall–Kier alpha value is -3.80. The fourth-order valence-electron chi connectivity index (χ4n) is 2.45. The zero-order chi connectivity index (χ0) is 18.5. The van der Waals surface area contributed by atoms with Crippen LogP contribution in [-0.2, 0) is 4.79 Å². The largest absolute Gasteiger partial charge is 0.507 e. The van der Waals surface area contributed by atoms with Gasteiger partial charge in [-0.1, -0.05) is 30.3 Å². The minimum atomic E-state index is -1.25. The lowest BCUT2D eigenvalue weighted by Gasteiger charge is -2.07. The molecule has 3 N–H and O–H groups in total. The number of benzene rings is 2. The van der Waals surface area contributed by atoms with Gasteiger partial charge < -0.3 is 19.9 Å². The van der Waals surface area contributed by atoms with Crippen LogP contribution in [0.5, 0.6) is 5.75 Å². The van der Waals surface area contributed by atoms with Gasteiger partial charge >= 0.3 is 5.97 Å². The minimum absolute atomic E-state index is 0.237. The van der Waals surface area contributed by atoms with E-state index in [9.17, 15) is 14.7 Å². The average molecular weight is 349 g/mol. The number of hydrogen-bond donors (Lipinski definition) is 3. The highest BCUT2D eigenvalue weighted by atomic mass is 16.4. The van der Waals surface area contributed by atoms with Crippen LogP contribution in [0.1, 0.15) is 21.7 Å². The normalized spacial score (nSPS) is 11.2. The van der Waals surface area contributed by atoms with Crippen LogP contribution < -0.4 is 5.32 Å². The first-order valence-electron chi connectivity index (χ1n) is 7.73. The van der Waals surface area contributed by atoms with Crippen molar-refractivity contribution in [2.45, 2.75) is 0 Å². The van der Waals surface area contributed by atoms with E-state index >= 15 is 0 Å². The molecule has 0 saturated heterocycles. The van der Waals surface area contributed by atoms with Crippen molar-refractivity contribution < 1.29 is 24.2 Å². The van der Waals surface area contributed by atoms with Crippen molar-refractivity contribution in [1.82, 2.24) is 0 Å². The van der Waals surface area contributed by atoms with E-state index in [0.717, 1.165) is 5.56 Å². The van der Waals surface area contributed by atoms with Crippen molar-refractivity contribution in [3.8, 4) is 5.75 Å². The van der Waals surface area contributed by atoms with Gasteiger partial charge in [0.05, 0.1) is 6.26 Å².